The number of Topliss-reactive ketones (excluding diaryl/α,β-unsaturated/α-hetero) is 1. The molecule has 4 aliphatic rings. The van der Waals surface area contributed by atoms with E-state index < -0.39 is 94.1 Å². The number of ether oxygens (including phenoxy) is 6. The average molecular weight is 685 g/mol. The van der Waals surface area contributed by atoms with E-state index in [-0.39, 0.29) is 30.6 Å². The summed E-state index contributed by atoms with van der Waals surface area (Å²) in [5, 5.41) is 13.3. The minimum atomic E-state index is -2.20. The molecule has 0 unspecified atom stereocenters. The van der Waals surface area contributed by atoms with Crippen LogP contribution in [0.5, 0.6) is 0 Å². The molecule has 0 aromatic heterocycles. The van der Waals surface area contributed by atoms with Crippen molar-refractivity contribution in [1.82, 2.24) is 0 Å². The van der Waals surface area contributed by atoms with Gasteiger partial charge in [-0.1, -0.05) is 31.5 Å². The Morgan fingerprint density at radius 2 is 1.51 bits per heavy atom. The Kier molecular flexibility index (Phi) is 9.12. The molecule has 0 amide bonds. The average Bonchev–Trinajstić information content (AvgIpc) is 2.97. The van der Waals surface area contributed by atoms with Crippen LogP contribution in [0.3, 0.4) is 0 Å². The lowest BCUT2D eigenvalue weighted by Gasteiger charge is -2.67. The number of carbonyl (C=O) groups is 6. The second-order valence-corrected chi connectivity index (χ2v) is 14.4. The molecule has 0 radical (unpaired) electrons. The van der Waals surface area contributed by atoms with Gasteiger partial charge >= 0.3 is 29.8 Å². The van der Waals surface area contributed by atoms with E-state index in [9.17, 15) is 29.1 Å². The molecule has 2 saturated carbocycles. The third kappa shape index (κ3) is 5.64. The van der Waals surface area contributed by atoms with E-state index in [2.05, 4.69) is 0 Å². The third-order valence-electron chi connectivity index (χ3n) is 11.0. The van der Waals surface area contributed by atoms with E-state index in [1.54, 1.807) is 45.9 Å². The van der Waals surface area contributed by atoms with Crippen molar-refractivity contribution in [2.75, 3.05) is 6.61 Å². The Balaban J connectivity index is 1.90. The Labute approximate surface area is 284 Å². The van der Waals surface area contributed by atoms with Crippen LogP contribution < -0.4 is 0 Å². The normalized spacial score (nSPS) is 36.0. The van der Waals surface area contributed by atoms with Crippen LogP contribution in [0, 0.1) is 23.7 Å². The van der Waals surface area contributed by atoms with E-state index in [0.717, 1.165) is 12.5 Å². The predicted octanol–water partition coefficient (Wildman–Crippen LogP) is 3.10. The zero-order valence-corrected chi connectivity index (χ0v) is 29.2. The molecule has 0 spiro atoms. The molecule has 266 valence electrons. The fraction of sp³-hybridized carbons (Fsp3) is 0.611. The molecule has 1 aromatic rings. The first-order valence-corrected chi connectivity index (χ1v) is 16.3. The topological polar surface area (TPSA) is 178 Å². The van der Waals surface area contributed by atoms with Crippen molar-refractivity contribution in [1.29, 1.82) is 0 Å². The van der Waals surface area contributed by atoms with Crippen molar-refractivity contribution < 1.29 is 62.3 Å². The first-order valence-electron chi connectivity index (χ1n) is 16.3. The van der Waals surface area contributed by atoms with E-state index in [1.807, 2.05) is 0 Å². The highest BCUT2D eigenvalue weighted by atomic mass is 16.6. The highest BCUT2D eigenvalue weighted by molar-refractivity contribution is 5.96. The van der Waals surface area contributed by atoms with Gasteiger partial charge in [-0.15, -0.1) is 0 Å². The van der Waals surface area contributed by atoms with Crippen LogP contribution >= 0.6 is 0 Å². The number of ketones is 1. The summed E-state index contributed by atoms with van der Waals surface area (Å²) in [5.41, 5.74) is -5.94. The molecule has 9 atom stereocenters. The molecule has 13 heteroatoms. The van der Waals surface area contributed by atoms with Crippen molar-refractivity contribution in [2.45, 2.75) is 117 Å². The Bertz CT molecular complexity index is 1640. The highest BCUT2D eigenvalue weighted by Gasteiger charge is 2.79. The second kappa shape index (κ2) is 12.3. The molecular weight excluding hydrogens is 640 g/mol. The maximum Gasteiger partial charge on any atom is 0.338 e. The van der Waals surface area contributed by atoms with Crippen molar-refractivity contribution in [3.05, 3.63) is 46.5 Å². The quantitative estimate of drug-likeness (QED) is 0.263. The van der Waals surface area contributed by atoms with E-state index >= 15 is 4.79 Å². The van der Waals surface area contributed by atoms with Crippen molar-refractivity contribution >= 4 is 35.6 Å². The molecule has 3 fully saturated rings. The fourth-order valence-corrected chi connectivity index (χ4v) is 8.77. The maximum absolute atomic E-state index is 15.4. The molecule has 1 aromatic carbocycles. The molecule has 1 heterocycles. The van der Waals surface area contributed by atoms with Crippen molar-refractivity contribution in [3.8, 4) is 0 Å². The van der Waals surface area contributed by atoms with E-state index in [0.29, 0.717) is 5.57 Å². The van der Waals surface area contributed by atoms with E-state index in [1.165, 1.54) is 33.8 Å². The van der Waals surface area contributed by atoms with Crippen molar-refractivity contribution in [3.63, 3.8) is 0 Å². The number of carbonyl (C=O) groups excluding carboxylic acids is 6. The van der Waals surface area contributed by atoms with Gasteiger partial charge in [0.25, 0.3) is 0 Å². The van der Waals surface area contributed by atoms with Crippen LogP contribution in [0.2, 0.25) is 0 Å². The predicted molar refractivity (Wildman–Crippen MR) is 169 cm³/mol. The van der Waals surface area contributed by atoms with Gasteiger partial charge in [-0.05, 0) is 44.1 Å². The third-order valence-corrected chi connectivity index (χ3v) is 11.0. The Hall–Kier alpha value is -4.10. The van der Waals surface area contributed by atoms with Crippen molar-refractivity contribution in [2.24, 2.45) is 16.7 Å². The summed E-state index contributed by atoms with van der Waals surface area (Å²) < 4.78 is 35.7. The molecule has 1 aliphatic heterocycles. The second-order valence-electron chi connectivity index (χ2n) is 14.4. The lowest BCUT2D eigenvalue weighted by molar-refractivity contribution is -0.346. The Morgan fingerprint density at radius 3 is 2.04 bits per heavy atom. The van der Waals surface area contributed by atoms with Gasteiger partial charge in [-0.25, -0.2) is 4.79 Å². The molecule has 49 heavy (non-hydrogen) atoms. The minimum Gasteiger partial charge on any atom is -0.461 e. The first-order chi connectivity index (χ1) is 22.7. The van der Waals surface area contributed by atoms with Crippen LogP contribution in [0.4, 0.5) is 0 Å². The number of fused-ring (bicyclic) bond motifs is 5. The molecule has 3 aliphatic carbocycles. The van der Waals surface area contributed by atoms with Gasteiger partial charge in [-0.3, -0.25) is 24.0 Å². The molecule has 1 N–H and O–H groups in total. The standard InChI is InChI=1S/C36H44O13/c1-17-11-10-12-23(13-17)32(42)48-31-29-34(9,25(46-20(4)38)14-26-35(29,16-44-26)49-22(6)40)30(41)28(47-21(5)39)27-18(2)24(45-19(3)37)15-36(31,43)33(27,7)8/h10-13,24-26,28-29,31,43H,14-16H2,1-9H3/t24-,25-,26+,28+,29-,31-,34+,35-,36+/m0/s1. The van der Waals surface area contributed by atoms with E-state index in [4.69, 9.17) is 28.4 Å². The van der Waals surface area contributed by atoms with Crippen LogP contribution in [0.15, 0.2) is 35.4 Å². The van der Waals surface area contributed by atoms with Gasteiger partial charge in [0.05, 0.1) is 23.5 Å². The largest absolute Gasteiger partial charge is 0.461 e. The highest BCUT2D eigenvalue weighted by Crippen LogP contribution is 2.65. The molecular formula is C36H44O13. The maximum atomic E-state index is 15.4. The first kappa shape index (κ1) is 36.2. The monoisotopic (exact) mass is 684 g/mol. The van der Waals surface area contributed by atoms with Gasteiger partial charge in [0.15, 0.2) is 17.5 Å². The number of hydrogen-bond acceptors (Lipinski definition) is 13. The summed E-state index contributed by atoms with van der Waals surface area (Å²) in [6.07, 6.45) is -7.16. The van der Waals surface area contributed by atoms with Crippen LogP contribution in [0.25, 0.3) is 0 Å². The number of esters is 5. The molecule has 2 bridgehead atoms. The van der Waals surface area contributed by atoms with Gasteiger partial charge in [-0.2, -0.15) is 0 Å². The number of hydrogen-bond donors (Lipinski definition) is 1. The molecule has 13 nitrogen and oxygen atoms in total. The number of benzene rings is 1. The Morgan fingerprint density at radius 1 is 0.878 bits per heavy atom. The van der Waals surface area contributed by atoms with Gasteiger partial charge in [0, 0.05) is 46.0 Å². The zero-order chi connectivity index (χ0) is 36.4. The summed E-state index contributed by atoms with van der Waals surface area (Å²) in [6.45, 7) is 12.5. The summed E-state index contributed by atoms with van der Waals surface area (Å²) in [4.78, 5) is 80.2. The lowest BCUT2D eigenvalue weighted by atomic mass is 9.44. The lowest BCUT2D eigenvalue weighted by Crippen LogP contribution is -2.82. The summed E-state index contributed by atoms with van der Waals surface area (Å²) in [7, 11) is 0. The molecule has 1 saturated heterocycles. The summed E-state index contributed by atoms with van der Waals surface area (Å²) >= 11 is 0. The SMILES string of the molecule is CC(=O)O[C@H]1C(=O)[C@]2(C)[C@@H](OC(C)=O)C[C@H]3OC[C@@]3(OC(C)=O)[C@H]2[C@H](OC(=O)c2cccc(C)c2)[C@]2(O)C[C@H](OC(C)=O)C(C)=C1C2(C)C. The van der Waals surface area contributed by atoms with Crippen LogP contribution in [0.1, 0.15) is 84.2 Å². The van der Waals surface area contributed by atoms with Gasteiger partial charge < -0.3 is 33.5 Å². The number of aryl methyl sites for hydroxylation is 1. The summed E-state index contributed by atoms with van der Waals surface area (Å²) in [5.74, 6) is -6.03. The van der Waals surface area contributed by atoms with Crippen LogP contribution in [-0.4, -0.2) is 89.1 Å². The molecule has 5 rings (SSSR count). The number of aliphatic hydroxyl groups is 1. The minimum absolute atomic E-state index is 0.104. The number of rotatable bonds is 6. The summed E-state index contributed by atoms with van der Waals surface area (Å²) in [6, 6.07) is 6.58. The van der Waals surface area contributed by atoms with Gasteiger partial charge in [0.1, 0.15) is 30.0 Å². The van der Waals surface area contributed by atoms with Crippen LogP contribution in [-0.2, 0) is 52.4 Å². The smallest absolute Gasteiger partial charge is 0.338 e. The zero-order valence-electron chi connectivity index (χ0n) is 29.2. The van der Waals surface area contributed by atoms with Gasteiger partial charge in [0.2, 0.25) is 0 Å². The fourth-order valence-electron chi connectivity index (χ4n) is 8.77.